The van der Waals surface area contributed by atoms with E-state index in [1.54, 1.807) is 0 Å². The molecule has 2 rings (SSSR count). The smallest absolute Gasteiger partial charge is 0.0453 e. The van der Waals surface area contributed by atoms with E-state index in [0.29, 0.717) is 0 Å². The van der Waals surface area contributed by atoms with E-state index in [0.717, 1.165) is 5.69 Å². The largest absolute Gasteiger partial charge is 0.261 e. The highest BCUT2D eigenvalue weighted by molar-refractivity contribution is 5.88. The summed E-state index contributed by atoms with van der Waals surface area (Å²) in [5, 5.41) is 2.60. The van der Waals surface area contributed by atoms with E-state index in [9.17, 15) is 0 Å². The van der Waals surface area contributed by atoms with E-state index >= 15 is 0 Å². The molecule has 0 saturated heterocycles. The van der Waals surface area contributed by atoms with Crippen LogP contribution in [0.25, 0.3) is 10.8 Å². The first-order valence-corrected chi connectivity index (χ1v) is 4.51. The molecule has 0 unspecified atom stereocenters. The van der Waals surface area contributed by atoms with Gasteiger partial charge in [-0.1, -0.05) is 12.1 Å². The molecule has 1 heteroatoms. The Labute approximate surface area is 78.4 Å². The first-order valence-electron chi connectivity index (χ1n) is 4.51. The summed E-state index contributed by atoms with van der Waals surface area (Å²) in [4.78, 5) is 4.31. The van der Waals surface area contributed by atoms with Crippen LogP contribution < -0.4 is 0 Å². The number of rotatable bonds is 0. The van der Waals surface area contributed by atoms with Crippen molar-refractivity contribution in [3.8, 4) is 0 Å². The molecular formula is C12H13N. The van der Waals surface area contributed by atoms with Crippen LogP contribution in [-0.2, 0) is 0 Å². The Morgan fingerprint density at radius 2 is 1.77 bits per heavy atom. The highest BCUT2D eigenvalue weighted by Gasteiger charge is 2.02. The van der Waals surface area contributed by atoms with E-state index in [2.05, 4.69) is 44.0 Å². The summed E-state index contributed by atoms with van der Waals surface area (Å²) in [6, 6.07) is 6.39. The third-order valence-corrected chi connectivity index (χ3v) is 2.65. The molecule has 0 aliphatic heterocycles. The Balaban J connectivity index is 2.97. The molecule has 0 atom stereocenters. The molecule has 1 heterocycles. The maximum absolute atomic E-state index is 4.31. The molecule has 0 radical (unpaired) electrons. The maximum atomic E-state index is 4.31. The van der Waals surface area contributed by atoms with Gasteiger partial charge in [-0.3, -0.25) is 4.98 Å². The standard InChI is InChI=1S/C12H13N/c1-8-4-5-11-6-7-13-10(3)12(11)9(8)2/h4-7H,1-3H3. The molecule has 0 N–H and O–H groups in total. The third kappa shape index (κ3) is 1.21. The molecule has 0 saturated carbocycles. The normalized spacial score (nSPS) is 10.7. The first kappa shape index (κ1) is 8.24. The number of aromatic nitrogens is 1. The SMILES string of the molecule is Cc1ccc2ccnc(C)c2c1C. The van der Waals surface area contributed by atoms with Gasteiger partial charge in [0, 0.05) is 17.3 Å². The third-order valence-electron chi connectivity index (χ3n) is 2.65. The Hall–Kier alpha value is -1.37. The minimum Gasteiger partial charge on any atom is -0.261 e. The molecule has 0 fully saturated rings. The highest BCUT2D eigenvalue weighted by atomic mass is 14.7. The molecule has 0 aliphatic carbocycles. The quantitative estimate of drug-likeness (QED) is 0.593. The second-order valence-corrected chi connectivity index (χ2v) is 3.50. The Morgan fingerprint density at radius 3 is 2.54 bits per heavy atom. The van der Waals surface area contributed by atoms with Crippen LogP contribution in [0.2, 0.25) is 0 Å². The van der Waals surface area contributed by atoms with Crippen molar-refractivity contribution in [1.82, 2.24) is 4.98 Å². The summed E-state index contributed by atoms with van der Waals surface area (Å²) in [6.45, 7) is 6.36. The minimum absolute atomic E-state index is 1.12. The van der Waals surface area contributed by atoms with Crippen molar-refractivity contribution in [2.75, 3.05) is 0 Å². The van der Waals surface area contributed by atoms with Crippen molar-refractivity contribution < 1.29 is 0 Å². The Bertz CT molecular complexity index is 458. The summed E-state index contributed by atoms with van der Waals surface area (Å²) in [5.74, 6) is 0. The minimum atomic E-state index is 1.12. The number of benzene rings is 1. The van der Waals surface area contributed by atoms with Gasteiger partial charge in [-0.2, -0.15) is 0 Å². The predicted octanol–water partition coefficient (Wildman–Crippen LogP) is 3.16. The van der Waals surface area contributed by atoms with Gasteiger partial charge < -0.3 is 0 Å². The van der Waals surface area contributed by atoms with Crippen molar-refractivity contribution in [3.05, 3.63) is 41.2 Å². The molecular weight excluding hydrogens is 158 g/mol. The molecule has 0 bridgehead atoms. The van der Waals surface area contributed by atoms with Gasteiger partial charge in [0.2, 0.25) is 0 Å². The van der Waals surface area contributed by atoms with Crippen LogP contribution in [0.4, 0.5) is 0 Å². The van der Waals surface area contributed by atoms with Gasteiger partial charge in [-0.15, -0.1) is 0 Å². The van der Waals surface area contributed by atoms with E-state index in [-0.39, 0.29) is 0 Å². The average molecular weight is 171 g/mol. The summed E-state index contributed by atoms with van der Waals surface area (Å²) in [7, 11) is 0. The van der Waals surface area contributed by atoms with Crippen LogP contribution in [0, 0.1) is 20.8 Å². The van der Waals surface area contributed by atoms with Gasteiger partial charge >= 0.3 is 0 Å². The van der Waals surface area contributed by atoms with Gasteiger partial charge in [0.1, 0.15) is 0 Å². The summed E-state index contributed by atoms with van der Waals surface area (Å²) < 4.78 is 0. The molecule has 1 aromatic carbocycles. The van der Waals surface area contributed by atoms with Crippen LogP contribution in [-0.4, -0.2) is 4.98 Å². The fourth-order valence-electron chi connectivity index (χ4n) is 1.75. The summed E-state index contributed by atoms with van der Waals surface area (Å²) in [5.41, 5.74) is 3.81. The van der Waals surface area contributed by atoms with Crippen LogP contribution in [0.5, 0.6) is 0 Å². The molecule has 0 amide bonds. The zero-order valence-electron chi connectivity index (χ0n) is 8.26. The first-order chi connectivity index (χ1) is 6.20. The Kier molecular flexibility index (Phi) is 1.80. The van der Waals surface area contributed by atoms with Crippen LogP contribution in [0.15, 0.2) is 24.4 Å². The lowest BCUT2D eigenvalue weighted by molar-refractivity contribution is 1.22. The second kappa shape index (κ2) is 2.84. The van der Waals surface area contributed by atoms with Gasteiger partial charge in [-0.05, 0) is 43.4 Å². The van der Waals surface area contributed by atoms with Gasteiger partial charge in [0.25, 0.3) is 0 Å². The zero-order valence-corrected chi connectivity index (χ0v) is 8.26. The average Bonchev–Trinajstić information content (AvgIpc) is 2.12. The lowest BCUT2D eigenvalue weighted by Crippen LogP contribution is -1.89. The summed E-state index contributed by atoms with van der Waals surface area (Å²) >= 11 is 0. The van der Waals surface area contributed by atoms with Crippen molar-refractivity contribution in [2.24, 2.45) is 0 Å². The van der Waals surface area contributed by atoms with Crippen molar-refractivity contribution in [3.63, 3.8) is 0 Å². The number of hydrogen-bond donors (Lipinski definition) is 0. The molecule has 66 valence electrons. The summed E-state index contributed by atoms with van der Waals surface area (Å²) in [6.07, 6.45) is 1.87. The molecule has 2 aromatic rings. The maximum Gasteiger partial charge on any atom is 0.0453 e. The van der Waals surface area contributed by atoms with E-state index in [1.807, 2.05) is 6.20 Å². The number of fused-ring (bicyclic) bond motifs is 1. The fourth-order valence-corrected chi connectivity index (χ4v) is 1.75. The van der Waals surface area contributed by atoms with Gasteiger partial charge in [0.15, 0.2) is 0 Å². The topological polar surface area (TPSA) is 12.9 Å². The van der Waals surface area contributed by atoms with Crippen LogP contribution in [0.3, 0.4) is 0 Å². The molecule has 13 heavy (non-hydrogen) atoms. The number of hydrogen-bond acceptors (Lipinski definition) is 1. The lowest BCUT2D eigenvalue weighted by Gasteiger charge is -2.07. The Morgan fingerprint density at radius 1 is 1.00 bits per heavy atom. The number of aryl methyl sites for hydroxylation is 3. The molecule has 0 aliphatic rings. The van der Waals surface area contributed by atoms with E-state index < -0.39 is 0 Å². The van der Waals surface area contributed by atoms with E-state index in [4.69, 9.17) is 0 Å². The number of nitrogens with zero attached hydrogens (tertiary/aromatic N) is 1. The van der Waals surface area contributed by atoms with Gasteiger partial charge in [-0.25, -0.2) is 0 Å². The lowest BCUT2D eigenvalue weighted by atomic mass is 10.0. The van der Waals surface area contributed by atoms with Gasteiger partial charge in [0.05, 0.1) is 0 Å². The van der Waals surface area contributed by atoms with E-state index in [1.165, 1.54) is 21.9 Å². The molecule has 0 spiro atoms. The second-order valence-electron chi connectivity index (χ2n) is 3.50. The zero-order chi connectivity index (χ0) is 9.42. The van der Waals surface area contributed by atoms with Crippen LogP contribution >= 0.6 is 0 Å². The number of pyridine rings is 1. The molecule has 1 nitrogen and oxygen atoms in total. The fraction of sp³-hybridized carbons (Fsp3) is 0.250. The molecule has 1 aromatic heterocycles. The van der Waals surface area contributed by atoms with Crippen LogP contribution in [0.1, 0.15) is 16.8 Å². The van der Waals surface area contributed by atoms with Crippen molar-refractivity contribution in [1.29, 1.82) is 0 Å². The monoisotopic (exact) mass is 171 g/mol. The van der Waals surface area contributed by atoms with Crippen molar-refractivity contribution >= 4 is 10.8 Å². The predicted molar refractivity (Wildman–Crippen MR) is 56.0 cm³/mol. The van der Waals surface area contributed by atoms with Crippen molar-refractivity contribution in [2.45, 2.75) is 20.8 Å². The highest BCUT2D eigenvalue weighted by Crippen LogP contribution is 2.22.